The van der Waals surface area contributed by atoms with E-state index in [0.717, 1.165) is 32.1 Å². The average Bonchev–Trinajstić information content (AvgIpc) is 2.33. The van der Waals surface area contributed by atoms with Gasteiger partial charge in [-0.1, -0.05) is 19.3 Å². The van der Waals surface area contributed by atoms with Gasteiger partial charge in [-0.15, -0.1) is 0 Å². The number of hydrogen-bond acceptors (Lipinski definition) is 2. The van der Waals surface area contributed by atoms with Crippen LogP contribution in [0.3, 0.4) is 0 Å². The Morgan fingerprint density at radius 2 is 1.94 bits per heavy atom. The predicted octanol–water partition coefficient (Wildman–Crippen LogP) is 2.98. The van der Waals surface area contributed by atoms with E-state index in [2.05, 4.69) is 0 Å². The van der Waals surface area contributed by atoms with E-state index in [-0.39, 0.29) is 11.6 Å². The second kappa shape index (κ2) is 4.57. The van der Waals surface area contributed by atoms with Gasteiger partial charge in [0.25, 0.3) is 0 Å². The molecule has 2 nitrogen and oxygen atoms in total. The van der Waals surface area contributed by atoms with Crippen LogP contribution in [0.25, 0.3) is 0 Å². The molecule has 0 bridgehead atoms. The highest BCUT2D eigenvalue weighted by Crippen LogP contribution is 2.29. The maximum Gasteiger partial charge on any atom is 0.182 e. The molecule has 1 aromatic rings. The predicted molar refractivity (Wildman–Crippen MR) is 65.5 cm³/mol. The lowest BCUT2D eigenvalue weighted by molar-refractivity contribution is 0.0848. The monoisotopic (exact) mass is 235 g/mol. The van der Waals surface area contributed by atoms with Crippen LogP contribution >= 0.6 is 0 Å². The van der Waals surface area contributed by atoms with Crippen LogP contribution in [0.4, 0.5) is 4.39 Å². The van der Waals surface area contributed by atoms with Crippen LogP contribution in [0.5, 0.6) is 0 Å². The Labute approximate surface area is 101 Å². The first kappa shape index (κ1) is 12.2. The van der Waals surface area contributed by atoms with Gasteiger partial charge >= 0.3 is 0 Å². The van der Waals surface area contributed by atoms with Crippen molar-refractivity contribution in [2.45, 2.75) is 44.6 Å². The fraction of sp³-hybridized carbons (Fsp3) is 0.500. The van der Waals surface area contributed by atoms with Gasteiger partial charge in [0.1, 0.15) is 5.82 Å². The Balaban J connectivity index is 2.26. The van der Waals surface area contributed by atoms with Gasteiger partial charge in [0.2, 0.25) is 0 Å². The fourth-order valence-electron chi connectivity index (χ4n) is 2.48. The highest BCUT2D eigenvalue weighted by Gasteiger charge is 2.35. The summed E-state index contributed by atoms with van der Waals surface area (Å²) in [5.41, 5.74) is 6.48. The lowest BCUT2D eigenvalue weighted by Crippen LogP contribution is -2.49. The Morgan fingerprint density at radius 3 is 2.53 bits per heavy atom. The first-order valence-corrected chi connectivity index (χ1v) is 6.13. The van der Waals surface area contributed by atoms with Gasteiger partial charge < -0.3 is 5.73 Å². The summed E-state index contributed by atoms with van der Waals surface area (Å²) in [5.74, 6) is -0.323. The fourth-order valence-corrected chi connectivity index (χ4v) is 2.48. The second-order valence-electron chi connectivity index (χ2n) is 5.01. The van der Waals surface area contributed by atoms with Crippen molar-refractivity contribution in [1.82, 2.24) is 0 Å². The van der Waals surface area contributed by atoms with Crippen molar-refractivity contribution in [1.29, 1.82) is 0 Å². The molecule has 3 heteroatoms. The van der Waals surface area contributed by atoms with E-state index < -0.39 is 5.54 Å². The van der Waals surface area contributed by atoms with Gasteiger partial charge in [0.05, 0.1) is 5.54 Å². The van der Waals surface area contributed by atoms with Crippen LogP contribution in [-0.4, -0.2) is 11.3 Å². The van der Waals surface area contributed by atoms with Gasteiger partial charge in [0, 0.05) is 5.56 Å². The van der Waals surface area contributed by atoms with Crippen molar-refractivity contribution in [3.05, 3.63) is 35.1 Å². The van der Waals surface area contributed by atoms with Crippen molar-refractivity contribution in [3.63, 3.8) is 0 Å². The number of ketones is 1. The highest BCUT2D eigenvalue weighted by atomic mass is 19.1. The van der Waals surface area contributed by atoms with Crippen LogP contribution in [0.1, 0.15) is 48.0 Å². The number of halogens is 1. The van der Waals surface area contributed by atoms with Gasteiger partial charge in [-0.25, -0.2) is 4.39 Å². The molecule has 0 aliphatic heterocycles. The summed E-state index contributed by atoms with van der Waals surface area (Å²) in [5, 5.41) is 0. The van der Waals surface area contributed by atoms with E-state index in [4.69, 9.17) is 5.73 Å². The Morgan fingerprint density at radius 1 is 1.29 bits per heavy atom. The topological polar surface area (TPSA) is 43.1 Å². The van der Waals surface area contributed by atoms with Crippen LogP contribution in [0, 0.1) is 12.7 Å². The summed E-state index contributed by atoms with van der Waals surface area (Å²) in [6.45, 7) is 1.66. The SMILES string of the molecule is Cc1cc(C(=O)C2(N)CCCCC2)ccc1F. The smallest absolute Gasteiger partial charge is 0.182 e. The maximum absolute atomic E-state index is 13.2. The van der Waals surface area contributed by atoms with Crippen molar-refractivity contribution >= 4 is 5.78 Å². The standard InChI is InChI=1S/C14H18FNO/c1-10-9-11(5-6-12(10)15)13(17)14(16)7-3-2-4-8-14/h5-6,9H,2-4,7-8,16H2,1H3. The molecular weight excluding hydrogens is 217 g/mol. The number of Topliss-reactive ketones (excluding diaryl/α,β-unsaturated/α-hetero) is 1. The van der Waals surface area contributed by atoms with E-state index in [1.807, 2.05) is 0 Å². The van der Waals surface area contributed by atoms with E-state index in [1.54, 1.807) is 13.0 Å². The Bertz CT molecular complexity index is 436. The van der Waals surface area contributed by atoms with Crippen LogP contribution in [-0.2, 0) is 0 Å². The zero-order chi connectivity index (χ0) is 12.5. The van der Waals surface area contributed by atoms with Crippen molar-refractivity contribution < 1.29 is 9.18 Å². The molecule has 1 fully saturated rings. The van der Waals surface area contributed by atoms with Crippen molar-refractivity contribution in [2.75, 3.05) is 0 Å². The summed E-state index contributed by atoms with van der Waals surface area (Å²) >= 11 is 0. The third-order valence-electron chi connectivity index (χ3n) is 3.62. The van der Waals surface area contributed by atoms with E-state index in [0.29, 0.717) is 11.1 Å². The van der Waals surface area contributed by atoms with E-state index in [1.165, 1.54) is 12.1 Å². The van der Waals surface area contributed by atoms with Gasteiger partial charge in [-0.3, -0.25) is 4.79 Å². The summed E-state index contributed by atoms with van der Waals surface area (Å²) in [6.07, 6.45) is 4.63. The number of rotatable bonds is 2. The number of hydrogen-bond donors (Lipinski definition) is 1. The molecule has 0 radical (unpaired) electrons. The average molecular weight is 235 g/mol. The summed E-state index contributed by atoms with van der Waals surface area (Å²) in [6, 6.07) is 4.48. The lowest BCUT2D eigenvalue weighted by Gasteiger charge is -2.31. The minimum atomic E-state index is -0.734. The molecule has 0 saturated heterocycles. The Kier molecular flexibility index (Phi) is 3.29. The molecule has 17 heavy (non-hydrogen) atoms. The molecule has 1 aromatic carbocycles. The highest BCUT2D eigenvalue weighted by molar-refractivity contribution is 6.03. The number of carbonyl (C=O) groups is 1. The molecule has 0 unspecified atom stereocenters. The molecule has 2 N–H and O–H groups in total. The molecule has 1 aliphatic rings. The third kappa shape index (κ3) is 2.39. The molecule has 0 atom stereocenters. The molecular formula is C14H18FNO. The number of nitrogens with two attached hydrogens (primary N) is 1. The Hall–Kier alpha value is -1.22. The largest absolute Gasteiger partial charge is 0.319 e. The summed E-state index contributed by atoms with van der Waals surface area (Å²) in [4.78, 5) is 12.3. The minimum absolute atomic E-state index is 0.0414. The third-order valence-corrected chi connectivity index (χ3v) is 3.62. The molecule has 2 rings (SSSR count). The summed E-state index contributed by atoms with van der Waals surface area (Å²) in [7, 11) is 0. The first-order valence-electron chi connectivity index (χ1n) is 6.13. The molecule has 0 spiro atoms. The van der Waals surface area contributed by atoms with Crippen LogP contribution in [0.15, 0.2) is 18.2 Å². The maximum atomic E-state index is 13.2. The molecule has 92 valence electrons. The van der Waals surface area contributed by atoms with Crippen LogP contribution in [0.2, 0.25) is 0 Å². The number of carbonyl (C=O) groups excluding carboxylic acids is 1. The number of benzene rings is 1. The molecule has 1 aliphatic carbocycles. The van der Waals surface area contributed by atoms with Gasteiger partial charge in [-0.05, 0) is 43.5 Å². The quantitative estimate of drug-likeness (QED) is 0.801. The zero-order valence-electron chi connectivity index (χ0n) is 10.1. The van der Waals surface area contributed by atoms with E-state index >= 15 is 0 Å². The summed E-state index contributed by atoms with van der Waals surface area (Å²) < 4.78 is 13.2. The number of aryl methyl sites for hydroxylation is 1. The van der Waals surface area contributed by atoms with Gasteiger partial charge in [0.15, 0.2) is 5.78 Å². The van der Waals surface area contributed by atoms with Gasteiger partial charge in [-0.2, -0.15) is 0 Å². The van der Waals surface area contributed by atoms with Crippen molar-refractivity contribution in [2.24, 2.45) is 5.73 Å². The molecule has 0 aromatic heterocycles. The lowest BCUT2D eigenvalue weighted by atomic mass is 9.77. The second-order valence-corrected chi connectivity index (χ2v) is 5.01. The molecule has 1 saturated carbocycles. The molecule has 0 amide bonds. The zero-order valence-corrected chi connectivity index (χ0v) is 10.1. The molecule has 0 heterocycles. The van der Waals surface area contributed by atoms with Crippen LogP contribution < -0.4 is 5.73 Å². The first-order chi connectivity index (χ1) is 8.03. The normalized spacial score (nSPS) is 19.0. The minimum Gasteiger partial charge on any atom is -0.319 e. The van der Waals surface area contributed by atoms with Crippen molar-refractivity contribution in [3.8, 4) is 0 Å². The van der Waals surface area contributed by atoms with E-state index in [9.17, 15) is 9.18 Å².